The summed E-state index contributed by atoms with van der Waals surface area (Å²) in [6.45, 7) is 4.47. The first kappa shape index (κ1) is 7.53. The van der Waals surface area contributed by atoms with Gasteiger partial charge >= 0.3 is 0 Å². The third-order valence-electron chi connectivity index (χ3n) is 2.26. The highest BCUT2D eigenvalue weighted by Crippen LogP contribution is 2.18. The smallest absolute Gasteiger partial charge is 0.225 e. The van der Waals surface area contributed by atoms with Gasteiger partial charge in [0.05, 0.1) is 0 Å². The fourth-order valence-corrected chi connectivity index (χ4v) is 1.57. The Balaban J connectivity index is 2.11. The SMILES string of the molecule is CC1CCN(c2ncccn2)C1. The Kier molecular flexibility index (Phi) is 1.94. The van der Waals surface area contributed by atoms with Crippen LogP contribution in [0.3, 0.4) is 0 Å². The van der Waals surface area contributed by atoms with Gasteiger partial charge in [-0.2, -0.15) is 0 Å². The van der Waals surface area contributed by atoms with Crippen LogP contribution in [-0.2, 0) is 0 Å². The van der Waals surface area contributed by atoms with E-state index in [9.17, 15) is 0 Å². The van der Waals surface area contributed by atoms with Crippen molar-refractivity contribution in [3.63, 3.8) is 0 Å². The van der Waals surface area contributed by atoms with Gasteiger partial charge in [0.1, 0.15) is 0 Å². The largest absolute Gasteiger partial charge is 0.341 e. The summed E-state index contributed by atoms with van der Waals surface area (Å²) in [5.41, 5.74) is 0. The lowest BCUT2D eigenvalue weighted by atomic mass is 10.2. The summed E-state index contributed by atoms with van der Waals surface area (Å²) in [7, 11) is 0. The molecule has 1 aromatic rings. The van der Waals surface area contributed by atoms with Gasteiger partial charge in [-0.1, -0.05) is 6.92 Å². The molecule has 1 aromatic heterocycles. The third kappa shape index (κ3) is 1.40. The first-order chi connectivity index (χ1) is 5.86. The lowest BCUT2D eigenvalue weighted by Crippen LogP contribution is -2.21. The van der Waals surface area contributed by atoms with E-state index in [1.807, 2.05) is 6.07 Å². The average molecular weight is 163 g/mol. The van der Waals surface area contributed by atoms with Crippen LogP contribution in [0.1, 0.15) is 13.3 Å². The highest BCUT2D eigenvalue weighted by Gasteiger charge is 2.19. The maximum Gasteiger partial charge on any atom is 0.225 e. The van der Waals surface area contributed by atoms with Crippen molar-refractivity contribution in [2.75, 3.05) is 18.0 Å². The number of hydrogen-bond donors (Lipinski definition) is 0. The fourth-order valence-electron chi connectivity index (χ4n) is 1.57. The van der Waals surface area contributed by atoms with Gasteiger partial charge in [-0.15, -0.1) is 0 Å². The molecule has 3 heteroatoms. The molecule has 0 spiro atoms. The second-order valence-corrected chi connectivity index (χ2v) is 3.39. The van der Waals surface area contributed by atoms with E-state index in [2.05, 4.69) is 21.8 Å². The Hall–Kier alpha value is -1.12. The minimum absolute atomic E-state index is 0.786. The molecule has 2 heterocycles. The molecule has 1 aliphatic rings. The van der Waals surface area contributed by atoms with Crippen LogP contribution in [0.5, 0.6) is 0 Å². The van der Waals surface area contributed by atoms with Crippen LogP contribution in [0.25, 0.3) is 0 Å². The lowest BCUT2D eigenvalue weighted by Gasteiger charge is -2.14. The van der Waals surface area contributed by atoms with E-state index in [1.54, 1.807) is 12.4 Å². The van der Waals surface area contributed by atoms with Gasteiger partial charge in [0.2, 0.25) is 5.95 Å². The van der Waals surface area contributed by atoms with Crippen molar-refractivity contribution in [3.8, 4) is 0 Å². The molecule has 12 heavy (non-hydrogen) atoms. The fraction of sp³-hybridized carbons (Fsp3) is 0.556. The molecule has 0 radical (unpaired) electrons. The van der Waals surface area contributed by atoms with E-state index in [1.165, 1.54) is 6.42 Å². The third-order valence-corrected chi connectivity index (χ3v) is 2.26. The van der Waals surface area contributed by atoms with Crippen LogP contribution >= 0.6 is 0 Å². The summed E-state index contributed by atoms with van der Waals surface area (Å²) >= 11 is 0. The Morgan fingerprint density at radius 1 is 1.42 bits per heavy atom. The van der Waals surface area contributed by atoms with E-state index in [0.717, 1.165) is 25.0 Å². The molecular formula is C9H13N3. The van der Waals surface area contributed by atoms with Crippen molar-refractivity contribution in [1.29, 1.82) is 0 Å². The standard InChI is InChI=1S/C9H13N3/c1-8-3-6-12(7-8)9-10-4-2-5-11-9/h2,4-5,8H,3,6-7H2,1H3. The van der Waals surface area contributed by atoms with Crippen LogP contribution in [0.15, 0.2) is 18.5 Å². The molecule has 1 atom stereocenters. The summed E-state index contributed by atoms with van der Waals surface area (Å²) in [6, 6.07) is 1.85. The summed E-state index contributed by atoms with van der Waals surface area (Å²) in [5.74, 6) is 1.66. The van der Waals surface area contributed by atoms with Crippen molar-refractivity contribution in [2.24, 2.45) is 5.92 Å². The zero-order valence-corrected chi connectivity index (χ0v) is 7.27. The van der Waals surface area contributed by atoms with Gasteiger partial charge < -0.3 is 4.90 Å². The average Bonchev–Trinajstić information content (AvgIpc) is 2.54. The van der Waals surface area contributed by atoms with Crippen molar-refractivity contribution >= 4 is 5.95 Å². The van der Waals surface area contributed by atoms with Gasteiger partial charge in [0.25, 0.3) is 0 Å². The van der Waals surface area contributed by atoms with Gasteiger partial charge in [-0.25, -0.2) is 9.97 Å². The van der Waals surface area contributed by atoms with Crippen molar-refractivity contribution in [1.82, 2.24) is 9.97 Å². The molecule has 1 unspecified atom stereocenters. The first-order valence-corrected chi connectivity index (χ1v) is 4.38. The second kappa shape index (κ2) is 3.09. The summed E-state index contributed by atoms with van der Waals surface area (Å²) in [4.78, 5) is 10.7. The van der Waals surface area contributed by atoms with Crippen LogP contribution in [0.4, 0.5) is 5.95 Å². The van der Waals surface area contributed by atoms with Crippen molar-refractivity contribution < 1.29 is 0 Å². The topological polar surface area (TPSA) is 29.0 Å². The highest BCUT2D eigenvalue weighted by atomic mass is 15.3. The molecule has 2 rings (SSSR count). The maximum absolute atomic E-state index is 4.21. The van der Waals surface area contributed by atoms with Gasteiger partial charge in [0.15, 0.2) is 0 Å². The molecule has 0 bridgehead atoms. The van der Waals surface area contributed by atoms with Gasteiger partial charge in [-0.3, -0.25) is 0 Å². The van der Waals surface area contributed by atoms with Crippen LogP contribution in [0, 0.1) is 5.92 Å². The summed E-state index contributed by atoms with van der Waals surface area (Å²) in [6.07, 6.45) is 4.86. The van der Waals surface area contributed by atoms with Crippen LogP contribution in [0.2, 0.25) is 0 Å². The highest BCUT2D eigenvalue weighted by molar-refractivity contribution is 5.29. The summed E-state index contributed by atoms with van der Waals surface area (Å²) < 4.78 is 0. The lowest BCUT2D eigenvalue weighted by molar-refractivity contribution is 0.658. The van der Waals surface area contributed by atoms with Crippen LogP contribution in [-0.4, -0.2) is 23.1 Å². The Morgan fingerprint density at radius 2 is 2.17 bits per heavy atom. The Morgan fingerprint density at radius 3 is 2.75 bits per heavy atom. The van der Waals surface area contributed by atoms with Gasteiger partial charge in [-0.05, 0) is 18.4 Å². The van der Waals surface area contributed by atoms with E-state index >= 15 is 0 Å². The predicted molar refractivity (Wildman–Crippen MR) is 48.0 cm³/mol. The minimum atomic E-state index is 0.786. The molecule has 0 saturated carbocycles. The van der Waals surface area contributed by atoms with E-state index < -0.39 is 0 Å². The summed E-state index contributed by atoms with van der Waals surface area (Å²) in [5, 5.41) is 0. The quantitative estimate of drug-likeness (QED) is 0.625. The second-order valence-electron chi connectivity index (χ2n) is 3.39. The molecule has 0 aliphatic carbocycles. The molecule has 0 amide bonds. The van der Waals surface area contributed by atoms with Gasteiger partial charge in [0, 0.05) is 25.5 Å². The molecule has 1 saturated heterocycles. The molecule has 1 fully saturated rings. The molecular weight excluding hydrogens is 150 g/mol. The van der Waals surface area contributed by atoms with Crippen molar-refractivity contribution in [2.45, 2.75) is 13.3 Å². The first-order valence-electron chi connectivity index (χ1n) is 4.38. The number of nitrogens with zero attached hydrogens (tertiary/aromatic N) is 3. The zero-order valence-electron chi connectivity index (χ0n) is 7.27. The van der Waals surface area contributed by atoms with E-state index in [-0.39, 0.29) is 0 Å². The normalized spacial score (nSPS) is 23.1. The number of aromatic nitrogens is 2. The number of hydrogen-bond acceptors (Lipinski definition) is 3. The predicted octanol–water partition coefficient (Wildman–Crippen LogP) is 1.32. The zero-order chi connectivity index (χ0) is 8.39. The number of rotatable bonds is 1. The maximum atomic E-state index is 4.21. The van der Waals surface area contributed by atoms with E-state index in [0.29, 0.717) is 0 Å². The Labute approximate surface area is 72.4 Å². The van der Waals surface area contributed by atoms with Crippen LogP contribution < -0.4 is 4.90 Å². The molecule has 0 N–H and O–H groups in total. The molecule has 0 aromatic carbocycles. The molecule has 1 aliphatic heterocycles. The molecule has 3 nitrogen and oxygen atoms in total. The molecule has 64 valence electrons. The minimum Gasteiger partial charge on any atom is -0.341 e. The van der Waals surface area contributed by atoms with Crippen molar-refractivity contribution in [3.05, 3.63) is 18.5 Å². The Bertz CT molecular complexity index is 247. The van der Waals surface area contributed by atoms with E-state index in [4.69, 9.17) is 0 Å². The monoisotopic (exact) mass is 163 g/mol. The number of anilines is 1.